The van der Waals surface area contributed by atoms with Crippen LogP contribution >= 0.6 is 0 Å². The molecule has 0 aliphatic rings. The molecule has 0 aliphatic heterocycles. The van der Waals surface area contributed by atoms with Crippen LogP contribution in [0.1, 0.15) is 36.8 Å². The fraction of sp³-hybridized carbons (Fsp3) is 0.615. The normalized spacial score (nSPS) is 12.2. The highest BCUT2D eigenvalue weighted by Gasteiger charge is 2.12. The third-order valence-electron chi connectivity index (χ3n) is 2.95. The second-order valence-corrected chi connectivity index (χ2v) is 4.81. The molecule has 2 N–H and O–H groups in total. The van der Waals surface area contributed by atoms with Gasteiger partial charge in [-0.2, -0.15) is 0 Å². The van der Waals surface area contributed by atoms with E-state index in [-0.39, 0.29) is 18.2 Å². The SMILES string of the molecule is Cc1noc(C)c1CCC(=O)NCC(C)CC(=O)O. The minimum absolute atomic E-state index is 0.0597. The summed E-state index contributed by atoms with van der Waals surface area (Å²) in [7, 11) is 0. The van der Waals surface area contributed by atoms with E-state index in [9.17, 15) is 9.59 Å². The van der Waals surface area contributed by atoms with Crippen molar-refractivity contribution in [1.29, 1.82) is 0 Å². The molecule has 1 amide bonds. The van der Waals surface area contributed by atoms with E-state index in [4.69, 9.17) is 9.63 Å². The second-order valence-electron chi connectivity index (χ2n) is 4.81. The summed E-state index contributed by atoms with van der Waals surface area (Å²) in [5.41, 5.74) is 1.78. The second kappa shape index (κ2) is 6.92. The Morgan fingerprint density at radius 3 is 2.63 bits per heavy atom. The largest absolute Gasteiger partial charge is 0.481 e. The van der Waals surface area contributed by atoms with Gasteiger partial charge in [0.15, 0.2) is 0 Å². The summed E-state index contributed by atoms with van der Waals surface area (Å²) in [5.74, 6) is -0.264. The number of carbonyl (C=O) groups excluding carboxylic acids is 1. The van der Waals surface area contributed by atoms with E-state index < -0.39 is 5.97 Å². The van der Waals surface area contributed by atoms with Crippen LogP contribution in [0.25, 0.3) is 0 Å². The van der Waals surface area contributed by atoms with Crippen LogP contribution in [0.4, 0.5) is 0 Å². The first-order valence-corrected chi connectivity index (χ1v) is 6.30. The minimum atomic E-state index is -0.850. The smallest absolute Gasteiger partial charge is 0.303 e. The van der Waals surface area contributed by atoms with Crippen molar-refractivity contribution in [2.24, 2.45) is 5.92 Å². The molecule has 0 aliphatic carbocycles. The Labute approximate surface area is 112 Å². The molecule has 1 heterocycles. The van der Waals surface area contributed by atoms with Crippen molar-refractivity contribution in [2.45, 2.75) is 40.0 Å². The standard InChI is InChI=1S/C13H20N2O4/c1-8(6-13(17)18)7-14-12(16)5-4-11-9(2)15-19-10(11)3/h8H,4-7H2,1-3H3,(H,14,16)(H,17,18). The van der Waals surface area contributed by atoms with E-state index in [2.05, 4.69) is 10.5 Å². The number of aromatic nitrogens is 1. The van der Waals surface area contributed by atoms with E-state index in [1.54, 1.807) is 6.92 Å². The molecule has 1 rings (SSSR count). The number of hydrogen-bond acceptors (Lipinski definition) is 4. The molecule has 1 aromatic rings. The van der Waals surface area contributed by atoms with Crippen LogP contribution in [-0.4, -0.2) is 28.7 Å². The Morgan fingerprint density at radius 1 is 1.42 bits per heavy atom. The topological polar surface area (TPSA) is 92.4 Å². The molecule has 19 heavy (non-hydrogen) atoms. The van der Waals surface area contributed by atoms with Crippen molar-refractivity contribution in [1.82, 2.24) is 10.5 Å². The minimum Gasteiger partial charge on any atom is -0.481 e. The van der Waals surface area contributed by atoms with Crippen LogP contribution in [0.15, 0.2) is 4.52 Å². The number of aryl methyl sites for hydroxylation is 2. The number of nitrogens with zero attached hydrogens (tertiary/aromatic N) is 1. The molecule has 1 atom stereocenters. The zero-order valence-electron chi connectivity index (χ0n) is 11.5. The number of hydrogen-bond donors (Lipinski definition) is 2. The van der Waals surface area contributed by atoms with E-state index in [1.165, 1.54) is 0 Å². The zero-order chi connectivity index (χ0) is 14.4. The maximum absolute atomic E-state index is 11.6. The van der Waals surface area contributed by atoms with Gasteiger partial charge in [0.1, 0.15) is 5.76 Å². The lowest BCUT2D eigenvalue weighted by atomic mass is 10.1. The van der Waals surface area contributed by atoms with Crippen molar-refractivity contribution in [3.63, 3.8) is 0 Å². The van der Waals surface area contributed by atoms with Crippen LogP contribution in [0.3, 0.4) is 0 Å². The monoisotopic (exact) mass is 268 g/mol. The average Bonchev–Trinajstić information content (AvgIpc) is 2.63. The van der Waals surface area contributed by atoms with Gasteiger partial charge in [0.2, 0.25) is 5.91 Å². The van der Waals surface area contributed by atoms with Gasteiger partial charge in [-0.3, -0.25) is 9.59 Å². The predicted octanol–water partition coefficient (Wildman–Crippen LogP) is 1.45. The molecule has 0 saturated heterocycles. The van der Waals surface area contributed by atoms with Gasteiger partial charge in [0.25, 0.3) is 0 Å². The fourth-order valence-electron chi connectivity index (χ4n) is 1.84. The first-order valence-electron chi connectivity index (χ1n) is 6.30. The van der Waals surface area contributed by atoms with E-state index >= 15 is 0 Å². The van der Waals surface area contributed by atoms with Crippen LogP contribution in [-0.2, 0) is 16.0 Å². The third kappa shape index (κ3) is 5.11. The molecule has 0 aromatic carbocycles. The first-order chi connectivity index (χ1) is 8.90. The van der Waals surface area contributed by atoms with Gasteiger partial charge in [0.05, 0.1) is 5.69 Å². The van der Waals surface area contributed by atoms with Gasteiger partial charge in [-0.1, -0.05) is 12.1 Å². The van der Waals surface area contributed by atoms with Crippen LogP contribution < -0.4 is 5.32 Å². The Kier molecular flexibility index (Phi) is 5.54. The average molecular weight is 268 g/mol. The number of nitrogens with one attached hydrogen (secondary N) is 1. The maximum Gasteiger partial charge on any atom is 0.303 e. The van der Waals surface area contributed by atoms with Crippen LogP contribution in [0.2, 0.25) is 0 Å². The predicted molar refractivity (Wildman–Crippen MR) is 68.7 cm³/mol. The van der Waals surface area contributed by atoms with Gasteiger partial charge < -0.3 is 14.9 Å². The van der Waals surface area contributed by atoms with E-state index in [1.807, 2.05) is 13.8 Å². The van der Waals surface area contributed by atoms with E-state index in [0.29, 0.717) is 19.4 Å². The summed E-state index contributed by atoms with van der Waals surface area (Å²) in [5, 5.41) is 15.2. The number of carboxylic acid groups (broad SMARTS) is 1. The van der Waals surface area contributed by atoms with Gasteiger partial charge in [-0.25, -0.2) is 0 Å². The maximum atomic E-state index is 11.6. The number of carboxylic acids is 1. The van der Waals surface area contributed by atoms with Crippen molar-refractivity contribution in [3.8, 4) is 0 Å². The molecule has 1 unspecified atom stereocenters. The van der Waals surface area contributed by atoms with Crippen molar-refractivity contribution < 1.29 is 19.2 Å². The van der Waals surface area contributed by atoms with Gasteiger partial charge in [0, 0.05) is 24.9 Å². The Hall–Kier alpha value is -1.85. The molecular weight excluding hydrogens is 248 g/mol. The summed E-state index contributed by atoms with van der Waals surface area (Å²) in [6.45, 7) is 5.84. The van der Waals surface area contributed by atoms with Gasteiger partial charge >= 0.3 is 5.97 Å². The molecule has 6 nitrogen and oxygen atoms in total. The molecule has 0 bridgehead atoms. The van der Waals surface area contributed by atoms with Crippen LogP contribution in [0, 0.1) is 19.8 Å². The lowest BCUT2D eigenvalue weighted by Crippen LogP contribution is -2.29. The number of aliphatic carboxylic acids is 1. The number of rotatable bonds is 7. The Bertz CT molecular complexity index is 434. The molecule has 106 valence electrons. The molecule has 0 spiro atoms. The molecule has 1 aromatic heterocycles. The summed E-state index contributed by atoms with van der Waals surface area (Å²) in [4.78, 5) is 22.1. The molecule has 0 fully saturated rings. The summed E-state index contributed by atoms with van der Waals surface area (Å²) >= 11 is 0. The first kappa shape index (κ1) is 15.2. The highest BCUT2D eigenvalue weighted by molar-refractivity contribution is 5.76. The highest BCUT2D eigenvalue weighted by Crippen LogP contribution is 2.14. The number of carbonyl (C=O) groups is 2. The zero-order valence-corrected chi connectivity index (χ0v) is 11.5. The number of amides is 1. The quantitative estimate of drug-likeness (QED) is 0.780. The fourth-order valence-corrected chi connectivity index (χ4v) is 1.84. The van der Waals surface area contributed by atoms with Crippen molar-refractivity contribution >= 4 is 11.9 Å². The lowest BCUT2D eigenvalue weighted by molar-refractivity contribution is -0.138. The van der Waals surface area contributed by atoms with Crippen LogP contribution in [0.5, 0.6) is 0 Å². The molecule has 6 heteroatoms. The lowest BCUT2D eigenvalue weighted by Gasteiger charge is -2.10. The molecule has 0 radical (unpaired) electrons. The van der Waals surface area contributed by atoms with Crippen molar-refractivity contribution in [3.05, 3.63) is 17.0 Å². The molecular formula is C13H20N2O4. The third-order valence-corrected chi connectivity index (χ3v) is 2.95. The van der Waals surface area contributed by atoms with Crippen molar-refractivity contribution in [2.75, 3.05) is 6.54 Å². The molecule has 0 saturated carbocycles. The summed E-state index contributed by atoms with van der Waals surface area (Å²) in [6.07, 6.45) is 0.993. The van der Waals surface area contributed by atoms with Gasteiger partial charge in [-0.05, 0) is 26.2 Å². The Balaban J connectivity index is 2.31. The van der Waals surface area contributed by atoms with E-state index in [0.717, 1.165) is 17.0 Å². The Morgan fingerprint density at radius 2 is 2.11 bits per heavy atom. The highest BCUT2D eigenvalue weighted by atomic mass is 16.5. The summed E-state index contributed by atoms with van der Waals surface area (Å²) in [6, 6.07) is 0. The summed E-state index contributed by atoms with van der Waals surface area (Å²) < 4.78 is 5.02. The van der Waals surface area contributed by atoms with Gasteiger partial charge in [-0.15, -0.1) is 0 Å².